The highest BCUT2D eigenvalue weighted by atomic mass is 16.6. The fourth-order valence-electron chi connectivity index (χ4n) is 3.04. The summed E-state index contributed by atoms with van der Waals surface area (Å²) in [5.41, 5.74) is 0. The van der Waals surface area contributed by atoms with Gasteiger partial charge in [0.25, 0.3) is 5.91 Å². The maximum Gasteiger partial charge on any atom is 0.309 e. The van der Waals surface area contributed by atoms with E-state index >= 15 is 0 Å². The largest absolute Gasteiger partial charge is 0.486 e. The van der Waals surface area contributed by atoms with Gasteiger partial charge < -0.3 is 19.5 Å². The number of ether oxygens (including phenoxy) is 3. The van der Waals surface area contributed by atoms with Crippen LogP contribution in [0.4, 0.5) is 0 Å². The molecule has 1 heterocycles. The summed E-state index contributed by atoms with van der Waals surface area (Å²) in [5, 5.41) is 2.72. The van der Waals surface area contributed by atoms with Crippen molar-refractivity contribution in [2.45, 2.75) is 38.2 Å². The zero-order valence-corrected chi connectivity index (χ0v) is 13.7. The van der Waals surface area contributed by atoms with Gasteiger partial charge in [0, 0.05) is 0 Å². The van der Waals surface area contributed by atoms with E-state index in [4.69, 9.17) is 14.2 Å². The van der Waals surface area contributed by atoms with E-state index in [1.165, 1.54) is 6.42 Å². The van der Waals surface area contributed by atoms with Gasteiger partial charge in [0.05, 0.1) is 12.5 Å². The summed E-state index contributed by atoms with van der Waals surface area (Å²) in [6, 6.07) is 7.42. The van der Waals surface area contributed by atoms with Gasteiger partial charge >= 0.3 is 5.97 Å². The molecule has 0 bridgehead atoms. The Balaban J connectivity index is 1.36. The van der Waals surface area contributed by atoms with E-state index in [0.717, 1.165) is 25.7 Å². The Kier molecular flexibility index (Phi) is 5.56. The Hall–Kier alpha value is -2.24. The van der Waals surface area contributed by atoms with Crippen molar-refractivity contribution in [3.63, 3.8) is 0 Å². The van der Waals surface area contributed by atoms with Crippen LogP contribution in [0.25, 0.3) is 0 Å². The molecular formula is C18H23NO5. The average Bonchev–Trinajstić information content (AvgIpc) is 2.65. The first kappa shape index (κ1) is 16.6. The number of carbonyl (C=O) groups is 2. The maximum absolute atomic E-state index is 11.9. The molecule has 6 heteroatoms. The van der Waals surface area contributed by atoms with Crippen molar-refractivity contribution in [3.05, 3.63) is 24.3 Å². The van der Waals surface area contributed by atoms with Gasteiger partial charge in [-0.1, -0.05) is 31.4 Å². The Morgan fingerprint density at radius 1 is 1.12 bits per heavy atom. The number of amides is 1. The highest BCUT2D eigenvalue weighted by Crippen LogP contribution is 2.30. The van der Waals surface area contributed by atoms with Crippen LogP contribution >= 0.6 is 0 Å². The molecule has 1 atom stereocenters. The van der Waals surface area contributed by atoms with Crippen LogP contribution in [0.1, 0.15) is 32.1 Å². The van der Waals surface area contributed by atoms with Crippen molar-refractivity contribution in [3.8, 4) is 11.5 Å². The van der Waals surface area contributed by atoms with Gasteiger partial charge in [0.15, 0.2) is 18.1 Å². The predicted molar refractivity (Wildman–Crippen MR) is 86.9 cm³/mol. The van der Waals surface area contributed by atoms with Crippen LogP contribution in [-0.4, -0.2) is 37.7 Å². The Morgan fingerprint density at radius 3 is 2.67 bits per heavy atom. The molecule has 0 aromatic heterocycles. The summed E-state index contributed by atoms with van der Waals surface area (Å²) in [6.07, 6.45) is 4.79. The van der Waals surface area contributed by atoms with Crippen LogP contribution in [0, 0.1) is 5.92 Å². The number of rotatable bonds is 5. The number of benzene rings is 1. The molecule has 2 aliphatic rings. The first-order chi connectivity index (χ1) is 11.7. The van der Waals surface area contributed by atoms with Gasteiger partial charge in [-0.05, 0) is 25.0 Å². The molecule has 0 spiro atoms. The van der Waals surface area contributed by atoms with Crippen LogP contribution in [0.3, 0.4) is 0 Å². The molecule has 0 radical (unpaired) electrons. The summed E-state index contributed by atoms with van der Waals surface area (Å²) in [6.45, 7) is 0.451. The second kappa shape index (κ2) is 8.04. The Bertz CT molecular complexity index is 583. The molecule has 130 valence electrons. The van der Waals surface area contributed by atoms with Crippen LogP contribution in [-0.2, 0) is 14.3 Å². The van der Waals surface area contributed by atoms with Gasteiger partial charge in [-0.2, -0.15) is 0 Å². The molecule has 0 saturated heterocycles. The van der Waals surface area contributed by atoms with Crippen LogP contribution in [0.5, 0.6) is 11.5 Å². The van der Waals surface area contributed by atoms with Crippen molar-refractivity contribution in [2.75, 3.05) is 19.8 Å². The average molecular weight is 333 g/mol. The molecular weight excluding hydrogens is 310 g/mol. The second-order valence-electron chi connectivity index (χ2n) is 6.24. The van der Waals surface area contributed by atoms with Crippen LogP contribution < -0.4 is 14.8 Å². The fourth-order valence-corrected chi connectivity index (χ4v) is 3.04. The lowest BCUT2D eigenvalue weighted by molar-refractivity contribution is -0.153. The summed E-state index contributed by atoms with van der Waals surface area (Å²) >= 11 is 0. The number of nitrogens with one attached hydrogen (secondary N) is 1. The molecule has 0 unspecified atom stereocenters. The minimum atomic E-state index is -0.318. The lowest BCUT2D eigenvalue weighted by Crippen LogP contribution is -2.42. The van der Waals surface area contributed by atoms with E-state index < -0.39 is 0 Å². The molecule has 1 aliphatic heterocycles. The normalized spacial score (nSPS) is 20.2. The number of para-hydroxylation sites is 2. The number of esters is 1. The molecule has 1 amide bonds. The molecule has 24 heavy (non-hydrogen) atoms. The lowest BCUT2D eigenvalue weighted by atomic mass is 9.89. The van der Waals surface area contributed by atoms with E-state index in [-0.39, 0.29) is 30.5 Å². The molecule has 1 fully saturated rings. The van der Waals surface area contributed by atoms with Gasteiger partial charge in [0.1, 0.15) is 12.7 Å². The van der Waals surface area contributed by atoms with E-state index in [9.17, 15) is 9.59 Å². The van der Waals surface area contributed by atoms with E-state index in [1.54, 1.807) is 0 Å². The first-order valence-electron chi connectivity index (χ1n) is 8.54. The molecule has 1 saturated carbocycles. The fraction of sp³-hybridized carbons (Fsp3) is 0.556. The van der Waals surface area contributed by atoms with Crippen molar-refractivity contribution in [2.24, 2.45) is 5.92 Å². The number of hydrogen-bond acceptors (Lipinski definition) is 5. The molecule has 3 rings (SSSR count). The maximum atomic E-state index is 11.9. The van der Waals surface area contributed by atoms with Crippen molar-refractivity contribution >= 4 is 11.9 Å². The molecule has 1 aromatic carbocycles. The van der Waals surface area contributed by atoms with Gasteiger partial charge in [-0.15, -0.1) is 0 Å². The zero-order valence-electron chi connectivity index (χ0n) is 13.7. The third-order valence-corrected chi connectivity index (χ3v) is 4.38. The number of carbonyl (C=O) groups excluding carboxylic acids is 2. The molecule has 1 N–H and O–H groups in total. The quantitative estimate of drug-likeness (QED) is 0.835. The number of fused-ring (bicyclic) bond motifs is 1. The molecule has 1 aliphatic carbocycles. The lowest BCUT2D eigenvalue weighted by Gasteiger charge is -2.26. The van der Waals surface area contributed by atoms with Crippen molar-refractivity contribution in [1.29, 1.82) is 0 Å². The monoisotopic (exact) mass is 333 g/mol. The van der Waals surface area contributed by atoms with Crippen LogP contribution in [0.15, 0.2) is 24.3 Å². The minimum Gasteiger partial charge on any atom is -0.486 e. The van der Waals surface area contributed by atoms with Crippen LogP contribution in [0.2, 0.25) is 0 Å². The van der Waals surface area contributed by atoms with Gasteiger partial charge in [-0.3, -0.25) is 9.59 Å². The zero-order chi connectivity index (χ0) is 16.8. The molecule has 1 aromatic rings. The van der Waals surface area contributed by atoms with E-state index in [2.05, 4.69) is 5.32 Å². The third-order valence-electron chi connectivity index (χ3n) is 4.38. The van der Waals surface area contributed by atoms with E-state index in [0.29, 0.717) is 24.7 Å². The van der Waals surface area contributed by atoms with Crippen molar-refractivity contribution in [1.82, 2.24) is 5.32 Å². The highest BCUT2D eigenvalue weighted by Gasteiger charge is 2.24. The first-order valence-corrected chi connectivity index (χ1v) is 8.54. The van der Waals surface area contributed by atoms with Gasteiger partial charge in [-0.25, -0.2) is 0 Å². The smallest absolute Gasteiger partial charge is 0.309 e. The minimum absolute atomic E-state index is 0.0434. The summed E-state index contributed by atoms with van der Waals surface area (Å²) < 4.78 is 16.5. The topological polar surface area (TPSA) is 73.9 Å². The second-order valence-corrected chi connectivity index (χ2v) is 6.24. The third kappa shape index (κ3) is 4.40. The SMILES string of the molecule is O=C(COC(=O)C1CCCCC1)NC[C@H]1COc2ccccc2O1. The standard InChI is InChI=1S/C18H23NO5/c20-17(12-23-18(21)13-6-2-1-3-7-13)19-10-14-11-22-15-8-4-5-9-16(15)24-14/h4-5,8-9,13-14H,1-3,6-7,10-12H2,(H,19,20)/t14-/m0/s1. The Labute approximate surface area is 141 Å². The summed E-state index contributed by atoms with van der Waals surface area (Å²) in [5.74, 6) is 0.768. The number of hydrogen-bond donors (Lipinski definition) is 1. The summed E-state index contributed by atoms with van der Waals surface area (Å²) in [7, 11) is 0. The Morgan fingerprint density at radius 2 is 1.88 bits per heavy atom. The van der Waals surface area contributed by atoms with Gasteiger partial charge in [0.2, 0.25) is 0 Å². The predicted octanol–water partition coefficient (Wildman–Crippen LogP) is 2.07. The van der Waals surface area contributed by atoms with E-state index in [1.807, 2.05) is 24.3 Å². The highest BCUT2D eigenvalue weighted by molar-refractivity contribution is 5.81. The summed E-state index contributed by atoms with van der Waals surface area (Å²) in [4.78, 5) is 23.7. The van der Waals surface area contributed by atoms with Crippen molar-refractivity contribution < 1.29 is 23.8 Å². The molecule has 6 nitrogen and oxygen atoms in total.